The van der Waals surface area contributed by atoms with E-state index in [1.54, 1.807) is 6.92 Å². The molecular weight excluding hydrogens is 502 g/mol. The van der Waals surface area contributed by atoms with E-state index in [4.69, 9.17) is 15.2 Å². The molecule has 1 atom stereocenters. The van der Waals surface area contributed by atoms with Crippen molar-refractivity contribution in [1.29, 1.82) is 0 Å². The lowest BCUT2D eigenvalue weighted by Gasteiger charge is -2.17. The fourth-order valence-electron chi connectivity index (χ4n) is 3.58. The first kappa shape index (κ1) is 27.2. The number of thioether (sulfide) groups is 1. The van der Waals surface area contributed by atoms with Crippen molar-refractivity contribution in [2.24, 2.45) is 5.73 Å². The fourth-order valence-corrected chi connectivity index (χ4v) is 5.45. The third-order valence-corrected chi connectivity index (χ3v) is 7.82. The van der Waals surface area contributed by atoms with Gasteiger partial charge in [-0.15, -0.1) is 21.5 Å². The first-order chi connectivity index (χ1) is 17.1. The van der Waals surface area contributed by atoms with Crippen LogP contribution in [0.3, 0.4) is 0 Å². The minimum absolute atomic E-state index is 0.00776. The molecular formula is C24H29N5O5S2. The molecule has 0 fully saturated rings. The molecule has 1 aromatic carbocycles. The molecule has 2 aromatic heterocycles. The van der Waals surface area contributed by atoms with Gasteiger partial charge in [0.05, 0.1) is 23.3 Å². The Bertz CT molecular complexity index is 1300. The normalized spacial score (nSPS) is 11.7. The number of anilines is 1. The zero-order chi connectivity index (χ0) is 26.6. The molecule has 0 radical (unpaired) electrons. The van der Waals surface area contributed by atoms with Gasteiger partial charge in [0.15, 0.2) is 17.1 Å². The van der Waals surface area contributed by atoms with Gasteiger partial charge >= 0.3 is 5.97 Å². The molecule has 0 aliphatic heterocycles. The molecule has 0 aliphatic rings. The number of hydrogen-bond donors (Lipinski definition) is 2. The van der Waals surface area contributed by atoms with Gasteiger partial charge in [-0.25, -0.2) is 4.79 Å². The Kier molecular flexibility index (Phi) is 8.75. The van der Waals surface area contributed by atoms with Crippen LogP contribution in [0.4, 0.5) is 5.00 Å². The number of thiophene rings is 1. The highest BCUT2D eigenvalue weighted by Crippen LogP contribution is 2.34. The van der Waals surface area contributed by atoms with Crippen molar-refractivity contribution in [2.75, 3.05) is 18.2 Å². The number of hydrogen-bond acceptors (Lipinski definition) is 9. The molecule has 3 aromatic rings. The van der Waals surface area contributed by atoms with Crippen LogP contribution in [0.25, 0.3) is 0 Å². The number of carbonyl (C=O) groups is 3. The van der Waals surface area contributed by atoms with Gasteiger partial charge in [-0.2, -0.15) is 0 Å². The zero-order valence-corrected chi connectivity index (χ0v) is 22.6. The monoisotopic (exact) mass is 531 g/mol. The summed E-state index contributed by atoms with van der Waals surface area (Å²) in [5.74, 6) is -0.285. The molecule has 0 bridgehead atoms. The lowest BCUT2D eigenvalue weighted by Crippen LogP contribution is -2.17. The first-order valence-electron chi connectivity index (χ1n) is 11.2. The SMILES string of the molecule is CCn1c(SCC(=O)Nc2sc(C(N)=O)c(C)c2C(=O)OC)nnc1C(C)Oc1cccc(C)c1C. The molecule has 0 spiro atoms. The Balaban J connectivity index is 1.73. The van der Waals surface area contributed by atoms with E-state index in [0.29, 0.717) is 23.1 Å². The topological polar surface area (TPSA) is 138 Å². The van der Waals surface area contributed by atoms with E-state index in [0.717, 1.165) is 28.2 Å². The molecule has 2 amide bonds. The summed E-state index contributed by atoms with van der Waals surface area (Å²) < 4.78 is 12.9. The number of amides is 2. The van der Waals surface area contributed by atoms with Crippen LogP contribution in [0, 0.1) is 20.8 Å². The van der Waals surface area contributed by atoms with Crippen LogP contribution in [0.1, 0.15) is 62.5 Å². The highest BCUT2D eigenvalue weighted by atomic mass is 32.2. The Morgan fingerprint density at radius 3 is 2.56 bits per heavy atom. The van der Waals surface area contributed by atoms with Crippen molar-refractivity contribution in [2.45, 2.75) is 52.4 Å². The molecule has 3 rings (SSSR count). The molecule has 36 heavy (non-hydrogen) atoms. The predicted octanol–water partition coefficient (Wildman–Crippen LogP) is 4.04. The maximum absolute atomic E-state index is 12.7. The number of esters is 1. The van der Waals surface area contributed by atoms with Crippen molar-refractivity contribution in [3.63, 3.8) is 0 Å². The zero-order valence-electron chi connectivity index (χ0n) is 21.0. The molecule has 0 aliphatic carbocycles. The summed E-state index contributed by atoms with van der Waals surface area (Å²) in [6.45, 7) is 10.1. The molecule has 0 saturated carbocycles. The van der Waals surface area contributed by atoms with Crippen LogP contribution in [0.5, 0.6) is 5.75 Å². The summed E-state index contributed by atoms with van der Waals surface area (Å²) in [5.41, 5.74) is 8.09. The summed E-state index contributed by atoms with van der Waals surface area (Å²) in [4.78, 5) is 36.8. The standard InChI is InChI=1S/C24H29N5O5S2/c1-7-29-21(15(5)34-16-10-8-9-12(2)13(16)3)27-28-24(29)35-11-17(30)26-22-18(23(32)33-6)14(4)19(36-22)20(25)31/h8-10,15H,7,11H2,1-6H3,(H2,25,31)(H,26,30). The molecule has 1 unspecified atom stereocenters. The van der Waals surface area contributed by atoms with Crippen molar-refractivity contribution >= 4 is 45.9 Å². The predicted molar refractivity (Wildman–Crippen MR) is 139 cm³/mol. The van der Waals surface area contributed by atoms with Gasteiger partial charge in [0.25, 0.3) is 5.91 Å². The summed E-state index contributed by atoms with van der Waals surface area (Å²) in [6.07, 6.45) is -0.356. The lowest BCUT2D eigenvalue weighted by atomic mass is 10.1. The Morgan fingerprint density at radius 1 is 1.19 bits per heavy atom. The molecule has 3 N–H and O–H groups in total. The van der Waals surface area contributed by atoms with Gasteiger partial charge in [0.1, 0.15) is 10.8 Å². The van der Waals surface area contributed by atoms with Crippen molar-refractivity contribution in [3.05, 3.63) is 51.2 Å². The third kappa shape index (κ3) is 5.71. The van der Waals surface area contributed by atoms with Crippen LogP contribution in [-0.4, -0.2) is 45.4 Å². The minimum atomic E-state index is -0.682. The number of carbonyl (C=O) groups excluding carboxylic acids is 3. The van der Waals surface area contributed by atoms with Gasteiger partial charge in [-0.3, -0.25) is 9.59 Å². The van der Waals surface area contributed by atoms with Crippen LogP contribution >= 0.6 is 23.1 Å². The summed E-state index contributed by atoms with van der Waals surface area (Å²) >= 11 is 2.15. The van der Waals surface area contributed by atoms with Gasteiger partial charge in [-0.1, -0.05) is 23.9 Å². The molecule has 12 heteroatoms. The van der Waals surface area contributed by atoms with Crippen LogP contribution in [-0.2, 0) is 16.1 Å². The summed E-state index contributed by atoms with van der Waals surface area (Å²) in [5, 5.41) is 12.0. The highest BCUT2D eigenvalue weighted by Gasteiger charge is 2.26. The lowest BCUT2D eigenvalue weighted by molar-refractivity contribution is -0.113. The second kappa shape index (κ2) is 11.6. The molecule has 10 nitrogen and oxygen atoms in total. The number of benzene rings is 1. The van der Waals surface area contributed by atoms with Gasteiger partial charge in [0, 0.05) is 6.54 Å². The average Bonchev–Trinajstić information content (AvgIpc) is 3.40. The van der Waals surface area contributed by atoms with E-state index < -0.39 is 11.9 Å². The van der Waals surface area contributed by atoms with Crippen molar-refractivity contribution in [1.82, 2.24) is 14.8 Å². The van der Waals surface area contributed by atoms with Crippen LogP contribution in [0.2, 0.25) is 0 Å². The maximum Gasteiger partial charge on any atom is 0.341 e. The van der Waals surface area contributed by atoms with Crippen LogP contribution < -0.4 is 15.8 Å². The smallest absolute Gasteiger partial charge is 0.341 e. The summed E-state index contributed by atoms with van der Waals surface area (Å²) in [6, 6.07) is 5.90. The van der Waals surface area contributed by atoms with Crippen molar-refractivity contribution in [3.8, 4) is 5.75 Å². The van der Waals surface area contributed by atoms with E-state index in [2.05, 4.69) is 15.5 Å². The quantitative estimate of drug-likeness (QED) is 0.295. The van der Waals surface area contributed by atoms with E-state index in [1.807, 2.05) is 50.5 Å². The van der Waals surface area contributed by atoms with Gasteiger partial charge in [-0.05, 0) is 57.4 Å². The number of aryl methyl sites for hydroxylation is 1. The largest absolute Gasteiger partial charge is 0.482 e. The average molecular weight is 532 g/mol. The van der Waals surface area contributed by atoms with Crippen molar-refractivity contribution < 1.29 is 23.9 Å². The van der Waals surface area contributed by atoms with Gasteiger partial charge in [0.2, 0.25) is 5.91 Å². The Hall–Kier alpha value is -3.38. The number of methoxy groups -OCH3 is 1. The second-order valence-electron chi connectivity index (χ2n) is 8.00. The number of ether oxygens (including phenoxy) is 2. The number of nitrogens with one attached hydrogen (secondary N) is 1. The minimum Gasteiger partial charge on any atom is -0.482 e. The molecule has 0 saturated heterocycles. The molecule has 192 valence electrons. The van der Waals surface area contributed by atoms with E-state index >= 15 is 0 Å². The first-order valence-corrected chi connectivity index (χ1v) is 13.0. The number of rotatable bonds is 10. The number of nitrogens with two attached hydrogens (primary N) is 1. The highest BCUT2D eigenvalue weighted by molar-refractivity contribution is 7.99. The fraction of sp³-hybridized carbons (Fsp3) is 0.375. The number of aromatic nitrogens is 3. The second-order valence-corrected chi connectivity index (χ2v) is 9.96. The third-order valence-electron chi connectivity index (χ3n) is 5.63. The van der Waals surface area contributed by atoms with E-state index in [9.17, 15) is 14.4 Å². The molecule has 2 heterocycles. The summed E-state index contributed by atoms with van der Waals surface area (Å²) in [7, 11) is 1.23. The van der Waals surface area contributed by atoms with Crippen LogP contribution in [0.15, 0.2) is 23.4 Å². The number of nitrogens with zero attached hydrogens (tertiary/aromatic N) is 3. The van der Waals surface area contributed by atoms with Gasteiger partial charge < -0.3 is 25.1 Å². The Morgan fingerprint density at radius 2 is 1.92 bits per heavy atom. The van der Waals surface area contributed by atoms with E-state index in [-0.39, 0.29) is 33.2 Å². The maximum atomic E-state index is 12.7. The number of primary amides is 1. The van der Waals surface area contributed by atoms with E-state index in [1.165, 1.54) is 18.9 Å². The Labute approximate surface area is 217 Å².